The molecule has 3 aromatic rings. The molecule has 1 amide bonds. The molecule has 5 nitrogen and oxygen atoms in total. The van der Waals surface area contributed by atoms with Crippen molar-refractivity contribution in [2.24, 2.45) is 0 Å². The highest BCUT2D eigenvalue weighted by Crippen LogP contribution is 2.27. The average Bonchev–Trinajstić information content (AvgIpc) is 3.14. The van der Waals surface area contributed by atoms with Crippen LogP contribution in [-0.4, -0.2) is 39.4 Å². The number of pyridine rings is 1. The van der Waals surface area contributed by atoms with Gasteiger partial charge in [-0.1, -0.05) is 18.2 Å². The van der Waals surface area contributed by atoms with Gasteiger partial charge in [-0.05, 0) is 62.9 Å². The van der Waals surface area contributed by atoms with Gasteiger partial charge in [-0.2, -0.15) is 0 Å². The molecule has 1 aromatic carbocycles. The van der Waals surface area contributed by atoms with Crippen LogP contribution < -0.4 is 5.32 Å². The quantitative estimate of drug-likeness (QED) is 0.705. The molecule has 4 rings (SSSR count). The smallest absolute Gasteiger partial charge is 0.270 e. The van der Waals surface area contributed by atoms with E-state index in [0.29, 0.717) is 18.3 Å². The SMILES string of the molecule is CCN(C(=O)c1cc2ncccc2[nH]1)C1CCCC(Nc2ccccc2)C1. The summed E-state index contributed by atoms with van der Waals surface area (Å²) in [4.78, 5) is 22.7. The minimum atomic E-state index is 0.0702. The second-order valence-electron chi connectivity index (χ2n) is 7.24. The third-order valence-corrected chi connectivity index (χ3v) is 5.45. The summed E-state index contributed by atoms with van der Waals surface area (Å²) in [6, 6.07) is 16.7. The fourth-order valence-electron chi connectivity index (χ4n) is 4.14. The predicted molar refractivity (Wildman–Crippen MR) is 109 cm³/mol. The monoisotopic (exact) mass is 362 g/mol. The summed E-state index contributed by atoms with van der Waals surface area (Å²) in [5, 5.41) is 3.63. The number of H-pyrrole nitrogens is 1. The van der Waals surface area contributed by atoms with Gasteiger partial charge in [-0.25, -0.2) is 0 Å². The average molecular weight is 362 g/mol. The van der Waals surface area contributed by atoms with Crippen molar-refractivity contribution < 1.29 is 4.79 Å². The van der Waals surface area contributed by atoms with Gasteiger partial charge in [0, 0.05) is 30.5 Å². The lowest BCUT2D eigenvalue weighted by Crippen LogP contribution is -2.45. The molecule has 0 spiro atoms. The largest absolute Gasteiger partial charge is 0.382 e. The van der Waals surface area contributed by atoms with E-state index in [1.165, 1.54) is 0 Å². The van der Waals surface area contributed by atoms with Gasteiger partial charge in [0.15, 0.2) is 0 Å². The molecule has 27 heavy (non-hydrogen) atoms. The molecule has 5 heteroatoms. The van der Waals surface area contributed by atoms with Gasteiger partial charge < -0.3 is 15.2 Å². The number of hydrogen-bond donors (Lipinski definition) is 2. The molecule has 2 N–H and O–H groups in total. The van der Waals surface area contributed by atoms with E-state index in [9.17, 15) is 4.79 Å². The van der Waals surface area contributed by atoms with Crippen molar-refractivity contribution in [3.8, 4) is 0 Å². The molecular formula is C22H26N4O. The van der Waals surface area contributed by atoms with Crippen LogP contribution in [0.25, 0.3) is 11.0 Å². The van der Waals surface area contributed by atoms with Crippen molar-refractivity contribution in [1.29, 1.82) is 0 Å². The molecular weight excluding hydrogens is 336 g/mol. The van der Waals surface area contributed by atoms with Crippen molar-refractivity contribution in [3.05, 3.63) is 60.4 Å². The van der Waals surface area contributed by atoms with E-state index in [4.69, 9.17) is 0 Å². The molecule has 140 valence electrons. The van der Waals surface area contributed by atoms with Crippen LogP contribution in [-0.2, 0) is 0 Å². The zero-order chi connectivity index (χ0) is 18.6. The fourth-order valence-corrected chi connectivity index (χ4v) is 4.14. The van der Waals surface area contributed by atoms with Gasteiger partial charge in [-0.3, -0.25) is 9.78 Å². The Morgan fingerprint density at radius 1 is 1.22 bits per heavy atom. The molecule has 0 saturated heterocycles. The number of carbonyl (C=O) groups is 1. The summed E-state index contributed by atoms with van der Waals surface area (Å²) in [6.07, 6.45) is 6.07. The minimum Gasteiger partial charge on any atom is -0.382 e. The summed E-state index contributed by atoms with van der Waals surface area (Å²) in [5.41, 5.74) is 3.52. The minimum absolute atomic E-state index is 0.0702. The number of rotatable bonds is 5. The number of aromatic amines is 1. The van der Waals surface area contributed by atoms with Gasteiger partial charge in [0.25, 0.3) is 5.91 Å². The molecule has 1 fully saturated rings. The lowest BCUT2D eigenvalue weighted by molar-refractivity contribution is 0.0637. The summed E-state index contributed by atoms with van der Waals surface area (Å²) < 4.78 is 0. The molecule has 0 bridgehead atoms. The van der Waals surface area contributed by atoms with Crippen molar-refractivity contribution in [1.82, 2.24) is 14.9 Å². The second kappa shape index (κ2) is 7.82. The molecule has 2 aromatic heterocycles. The normalized spacial score (nSPS) is 19.7. The number of carbonyl (C=O) groups excluding carboxylic acids is 1. The highest BCUT2D eigenvalue weighted by molar-refractivity contribution is 5.97. The first kappa shape index (κ1) is 17.6. The summed E-state index contributed by atoms with van der Waals surface area (Å²) in [6.45, 7) is 2.78. The van der Waals surface area contributed by atoms with E-state index in [1.54, 1.807) is 6.20 Å². The molecule has 1 aliphatic carbocycles. The second-order valence-corrected chi connectivity index (χ2v) is 7.24. The van der Waals surface area contributed by atoms with Crippen LogP contribution >= 0.6 is 0 Å². The lowest BCUT2D eigenvalue weighted by Gasteiger charge is -2.37. The van der Waals surface area contributed by atoms with Crippen LogP contribution in [0.15, 0.2) is 54.7 Å². The Bertz CT molecular complexity index is 872. The van der Waals surface area contributed by atoms with Crippen LogP contribution in [0.5, 0.6) is 0 Å². The van der Waals surface area contributed by atoms with Gasteiger partial charge >= 0.3 is 0 Å². The number of nitrogens with zero attached hydrogens (tertiary/aromatic N) is 2. The maximum atomic E-state index is 13.2. The number of nitrogens with one attached hydrogen (secondary N) is 2. The molecule has 2 heterocycles. The van der Waals surface area contributed by atoms with E-state index in [-0.39, 0.29) is 11.9 Å². The lowest BCUT2D eigenvalue weighted by atomic mass is 9.89. The Morgan fingerprint density at radius 2 is 2.07 bits per heavy atom. The van der Waals surface area contributed by atoms with Gasteiger partial charge in [0.2, 0.25) is 0 Å². The van der Waals surface area contributed by atoms with E-state index in [1.807, 2.05) is 29.2 Å². The first-order valence-electron chi connectivity index (χ1n) is 9.81. The summed E-state index contributed by atoms with van der Waals surface area (Å²) in [5.74, 6) is 0.0702. The highest BCUT2D eigenvalue weighted by atomic mass is 16.2. The number of hydrogen-bond acceptors (Lipinski definition) is 3. The van der Waals surface area contributed by atoms with Crippen molar-refractivity contribution in [3.63, 3.8) is 0 Å². The van der Waals surface area contributed by atoms with Crippen LogP contribution in [0.4, 0.5) is 5.69 Å². The van der Waals surface area contributed by atoms with E-state index < -0.39 is 0 Å². The number of aromatic nitrogens is 2. The third kappa shape index (κ3) is 3.82. The predicted octanol–water partition coefficient (Wildman–Crippen LogP) is 4.45. The number of amides is 1. The first-order chi connectivity index (χ1) is 13.2. The Kier molecular flexibility index (Phi) is 5.10. The fraction of sp³-hybridized carbons (Fsp3) is 0.364. The summed E-state index contributed by atoms with van der Waals surface area (Å²) >= 11 is 0. The van der Waals surface area contributed by atoms with E-state index in [0.717, 1.165) is 42.4 Å². The number of para-hydroxylation sites is 1. The van der Waals surface area contributed by atoms with Crippen LogP contribution in [0.1, 0.15) is 43.1 Å². The molecule has 1 aliphatic rings. The van der Waals surface area contributed by atoms with E-state index >= 15 is 0 Å². The van der Waals surface area contributed by atoms with Crippen molar-refractivity contribution in [2.45, 2.75) is 44.7 Å². The maximum absolute atomic E-state index is 13.2. The number of benzene rings is 1. The molecule has 0 aliphatic heterocycles. The Balaban J connectivity index is 1.48. The van der Waals surface area contributed by atoms with Gasteiger partial charge in [-0.15, -0.1) is 0 Å². The third-order valence-electron chi connectivity index (χ3n) is 5.45. The van der Waals surface area contributed by atoms with Crippen LogP contribution in [0.2, 0.25) is 0 Å². The first-order valence-corrected chi connectivity index (χ1v) is 9.81. The Labute approximate surface area is 159 Å². The van der Waals surface area contributed by atoms with Crippen LogP contribution in [0, 0.1) is 0 Å². The van der Waals surface area contributed by atoms with E-state index in [2.05, 4.69) is 46.5 Å². The van der Waals surface area contributed by atoms with Crippen LogP contribution in [0.3, 0.4) is 0 Å². The van der Waals surface area contributed by atoms with Gasteiger partial charge in [0.1, 0.15) is 5.69 Å². The maximum Gasteiger partial charge on any atom is 0.270 e. The zero-order valence-electron chi connectivity index (χ0n) is 15.7. The van der Waals surface area contributed by atoms with Crippen molar-refractivity contribution >= 4 is 22.6 Å². The highest BCUT2D eigenvalue weighted by Gasteiger charge is 2.30. The standard InChI is InChI=1S/C22H26N4O/c1-2-26(22(27)21-15-20-19(25-21)12-7-13-23-20)18-11-6-10-17(14-18)24-16-8-4-3-5-9-16/h3-5,7-9,12-13,15,17-18,24-25H,2,6,10-11,14H2,1H3. The number of fused-ring (bicyclic) bond motifs is 1. The van der Waals surface area contributed by atoms with Crippen molar-refractivity contribution in [2.75, 3.05) is 11.9 Å². The summed E-state index contributed by atoms with van der Waals surface area (Å²) in [7, 11) is 0. The molecule has 2 unspecified atom stereocenters. The zero-order valence-corrected chi connectivity index (χ0v) is 15.7. The molecule has 0 radical (unpaired) electrons. The molecule has 1 saturated carbocycles. The Morgan fingerprint density at radius 3 is 2.85 bits per heavy atom. The Hall–Kier alpha value is -2.82. The van der Waals surface area contributed by atoms with Gasteiger partial charge in [0.05, 0.1) is 11.0 Å². The molecule has 2 atom stereocenters. The number of anilines is 1. The topological polar surface area (TPSA) is 61.0 Å².